The van der Waals surface area contributed by atoms with Gasteiger partial charge in [0, 0.05) is 30.8 Å². The van der Waals surface area contributed by atoms with Gasteiger partial charge in [-0.2, -0.15) is 0 Å². The summed E-state index contributed by atoms with van der Waals surface area (Å²) in [5, 5.41) is 4.01. The van der Waals surface area contributed by atoms with Crippen LogP contribution >= 0.6 is 11.6 Å². The second-order valence-electron chi connectivity index (χ2n) is 4.66. The van der Waals surface area contributed by atoms with Crippen molar-refractivity contribution in [2.45, 2.75) is 13.2 Å². The van der Waals surface area contributed by atoms with Crippen molar-refractivity contribution in [2.75, 3.05) is 20.3 Å². The lowest BCUT2D eigenvalue weighted by atomic mass is 10.2. The fourth-order valence-electron chi connectivity index (χ4n) is 1.97. The highest BCUT2D eigenvalue weighted by Crippen LogP contribution is 2.27. The maximum absolute atomic E-state index is 6.27. The fraction of sp³-hybridized carbons (Fsp3) is 0.294. The minimum Gasteiger partial charge on any atom is -0.489 e. The third-order valence-corrected chi connectivity index (χ3v) is 3.45. The molecule has 2 aromatic carbocycles. The number of hydrogen-bond donors (Lipinski definition) is 1. The number of benzene rings is 2. The molecule has 0 spiro atoms. The molecule has 1 N–H and O–H groups in total. The number of nitrogens with one attached hydrogen (secondary N) is 1. The van der Waals surface area contributed by atoms with Crippen LogP contribution in [0.2, 0.25) is 5.02 Å². The lowest BCUT2D eigenvalue weighted by molar-refractivity contribution is 0.199. The van der Waals surface area contributed by atoms with Gasteiger partial charge in [-0.05, 0) is 17.7 Å². The van der Waals surface area contributed by atoms with Crippen LogP contribution in [-0.2, 0) is 17.9 Å². The third-order valence-electron chi connectivity index (χ3n) is 3.10. The van der Waals surface area contributed by atoms with Gasteiger partial charge >= 0.3 is 0 Å². The predicted octanol–water partition coefficient (Wildman–Crippen LogP) is 3.66. The number of ether oxygens (including phenoxy) is 2. The molecule has 0 fully saturated rings. The molecule has 0 aliphatic rings. The number of halogens is 1. The Kier molecular flexibility index (Phi) is 6.54. The van der Waals surface area contributed by atoms with E-state index in [-0.39, 0.29) is 0 Å². The second-order valence-corrected chi connectivity index (χ2v) is 5.07. The zero-order valence-corrected chi connectivity index (χ0v) is 12.9. The van der Waals surface area contributed by atoms with Gasteiger partial charge in [-0.15, -0.1) is 0 Å². The molecular weight excluding hydrogens is 286 g/mol. The fourth-order valence-corrected chi connectivity index (χ4v) is 2.20. The summed E-state index contributed by atoms with van der Waals surface area (Å²) in [5.74, 6) is 0.816. The molecule has 0 saturated carbocycles. The van der Waals surface area contributed by atoms with Crippen LogP contribution < -0.4 is 10.1 Å². The molecular formula is C17H20ClNO2. The van der Waals surface area contributed by atoms with Crippen LogP contribution in [0, 0.1) is 0 Å². The molecule has 2 rings (SSSR count). The van der Waals surface area contributed by atoms with Gasteiger partial charge in [0.25, 0.3) is 0 Å². The van der Waals surface area contributed by atoms with E-state index >= 15 is 0 Å². The van der Waals surface area contributed by atoms with Crippen molar-refractivity contribution >= 4 is 11.6 Å². The first-order valence-electron chi connectivity index (χ1n) is 6.95. The summed E-state index contributed by atoms with van der Waals surface area (Å²) in [5.41, 5.74) is 2.11. The van der Waals surface area contributed by atoms with Gasteiger partial charge in [-0.25, -0.2) is 0 Å². The Labute approximate surface area is 130 Å². The van der Waals surface area contributed by atoms with E-state index in [1.807, 2.05) is 48.5 Å². The molecule has 2 aromatic rings. The Bertz CT molecular complexity index is 546. The summed E-state index contributed by atoms with van der Waals surface area (Å²) >= 11 is 6.27. The van der Waals surface area contributed by atoms with Gasteiger partial charge in [-0.3, -0.25) is 0 Å². The Morgan fingerprint density at radius 1 is 1.05 bits per heavy atom. The van der Waals surface area contributed by atoms with Gasteiger partial charge in [0.1, 0.15) is 12.4 Å². The van der Waals surface area contributed by atoms with Gasteiger partial charge < -0.3 is 14.8 Å². The standard InChI is InChI=1S/C17H20ClNO2/c1-20-11-10-19-12-15-16(18)8-5-9-17(15)21-13-14-6-3-2-4-7-14/h2-9,19H,10-13H2,1H3. The quantitative estimate of drug-likeness (QED) is 0.755. The zero-order chi connectivity index (χ0) is 14.9. The van der Waals surface area contributed by atoms with E-state index in [0.29, 0.717) is 24.8 Å². The average molecular weight is 306 g/mol. The first kappa shape index (κ1) is 15.8. The van der Waals surface area contributed by atoms with Crippen LogP contribution in [-0.4, -0.2) is 20.3 Å². The molecule has 112 valence electrons. The minimum absolute atomic E-state index is 0.534. The van der Waals surface area contributed by atoms with Crippen molar-refractivity contribution in [2.24, 2.45) is 0 Å². The van der Waals surface area contributed by atoms with Crippen molar-refractivity contribution in [1.82, 2.24) is 5.32 Å². The van der Waals surface area contributed by atoms with Crippen LogP contribution in [0.25, 0.3) is 0 Å². The maximum Gasteiger partial charge on any atom is 0.125 e. The highest BCUT2D eigenvalue weighted by molar-refractivity contribution is 6.31. The van der Waals surface area contributed by atoms with E-state index in [2.05, 4.69) is 5.32 Å². The summed E-state index contributed by atoms with van der Waals surface area (Å²) in [6.07, 6.45) is 0. The van der Waals surface area contributed by atoms with Crippen LogP contribution in [0.15, 0.2) is 48.5 Å². The van der Waals surface area contributed by atoms with E-state index in [0.717, 1.165) is 23.4 Å². The van der Waals surface area contributed by atoms with Gasteiger partial charge in [0.05, 0.1) is 6.61 Å². The first-order chi connectivity index (χ1) is 10.3. The van der Waals surface area contributed by atoms with E-state index in [1.165, 1.54) is 0 Å². The predicted molar refractivity (Wildman–Crippen MR) is 85.8 cm³/mol. The van der Waals surface area contributed by atoms with Crippen LogP contribution in [0.3, 0.4) is 0 Å². The highest BCUT2D eigenvalue weighted by atomic mass is 35.5. The van der Waals surface area contributed by atoms with Crippen molar-refractivity contribution < 1.29 is 9.47 Å². The van der Waals surface area contributed by atoms with Crippen molar-refractivity contribution in [1.29, 1.82) is 0 Å². The molecule has 0 heterocycles. The summed E-state index contributed by atoms with van der Waals surface area (Å²) < 4.78 is 10.9. The maximum atomic E-state index is 6.27. The van der Waals surface area contributed by atoms with E-state index in [4.69, 9.17) is 21.1 Å². The largest absolute Gasteiger partial charge is 0.489 e. The minimum atomic E-state index is 0.534. The molecule has 0 aliphatic heterocycles. The molecule has 0 saturated heterocycles. The van der Waals surface area contributed by atoms with Gasteiger partial charge in [0.15, 0.2) is 0 Å². The second kappa shape index (κ2) is 8.67. The van der Waals surface area contributed by atoms with Crippen LogP contribution in [0.4, 0.5) is 0 Å². The molecule has 0 unspecified atom stereocenters. The van der Waals surface area contributed by atoms with Gasteiger partial charge in [-0.1, -0.05) is 48.0 Å². The summed E-state index contributed by atoms with van der Waals surface area (Å²) in [4.78, 5) is 0. The Hall–Kier alpha value is -1.55. The SMILES string of the molecule is COCCNCc1c(Cl)cccc1OCc1ccccc1. The smallest absolute Gasteiger partial charge is 0.125 e. The summed E-state index contributed by atoms with van der Waals surface area (Å²) in [6, 6.07) is 15.8. The van der Waals surface area contributed by atoms with Crippen LogP contribution in [0.1, 0.15) is 11.1 Å². The Morgan fingerprint density at radius 2 is 1.86 bits per heavy atom. The molecule has 4 heteroatoms. The zero-order valence-electron chi connectivity index (χ0n) is 12.1. The number of methoxy groups -OCH3 is 1. The molecule has 0 aliphatic carbocycles. The average Bonchev–Trinajstić information content (AvgIpc) is 2.52. The van der Waals surface area contributed by atoms with Crippen molar-refractivity contribution in [3.8, 4) is 5.75 Å². The molecule has 0 amide bonds. The Balaban J connectivity index is 1.99. The number of rotatable bonds is 8. The topological polar surface area (TPSA) is 30.5 Å². The molecule has 3 nitrogen and oxygen atoms in total. The molecule has 21 heavy (non-hydrogen) atoms. The highest BCUT2D eigenvalue weighted by Gasteiger charge is 2.08. The van der Waals surface area contributed by atoms with E-state index in [9.17, 15) is 0 Å². The molecule has 0 radical (unpaired) electrons. The lowest BCUT2D eigenvalue weighted by Gasteiger charge is -2.14. The van der Waals surface area contributed by atoms with Crippen molar-refractivity contribution in [3.05, 3.63) is 64.7 Å². The van der Waals surface area contributed by atoms with Crippen LogP contribution in [0.5, 0.6) is 5.75 Å². The van der Waals surface area contributed by atoms with Gasteiger partial charge in [0.2, 0.25) is 0 Å². The van der Waals surface area contributed by atoms with E-state index < -0.39 is 0 Å². The first-order valence-corrected chi connectivity index (χ1v) is 7.33. The third kappa shape index (κ3) is 5.05. The van der Waals surface area contributed by atoms with E-state index in [1.54, 1.807) is 7.11 Å². The normalized spacial score (nSPS) is 10.6. The molecule has 0 aromatic heterocycles. The molecule has 0 atom stereocenters. The monoisotopic (exact) mass is 305 g/mol. The molecule has 0 bridgehead atoms. The number of hydrogen-bond acceptors (Lipinski definition) is 3. The van der Waals surface area contributed by atoms with Crippen molar-refractivity contribution in [3.63, 3.8) is 0 Å². The Morgan fingerprint density at radius 3 is 2.62 bits per heavy atom. The summed E-state index contributed by atoms with van der Waals surface area (Å²) in [6.45, 7) is 2.64. The summed E-state index contributed by atoms with van der Waals surface area (Å²) in [7, 11) is 1.69. The lowest BCUT2D eigenvalue weighted by Crippen LogP contribution is -2.19.